The van der Waals surface area contributed by atoms with E-state index >= 15 is 0 Å². The van der Waals surface area contributed by atoms with Gasteiger partial charge in [-0.1, -0.05) is 24.3 Å². The third-order valence-electron chi connectivity index (χ3n) is 2.08. The minimum atomic E-state index is 0.512. The Morgan fingerprint density at radius 1 is 1.50 bits per heavy atom. The molecule has 0 amide bonds. The maximum Gasteiger partial charge on any atom is 0.129 e. The van der Waals surface area contributed by atoms with Gasteiger partial charge in [0.1, 0.15) is 11.0 Å². The van der Waals surface area contributed by atoms with Crippen LogP contribution >= 0.6 is 11.6 Å². The maximum absolute atomic E-state index is 5.84. The van der Waals surface area contributed by atoms with Crippen molar-refractivity contribution in [3.05, 3.63) is 23.9 Å². The summed E-state index contributed by atoms with van der Waals surface area (Å²) in [5.41, 5.74) is 0. The zero-order valence-corrected chi connectivity index (χ0v) is 9.22. The number of rotatable bonds is 2. The van der Waals surface area contributed by atoms with Crippen molar-refractivity contribution in [2.24, 2.45) is 4.99 Å². The number of allylic oxidation sites excluding steroid dienone is 1. The molecule has 1 saturated heterocycles. The van der Waals surface area contributed by atoms with Gasteiger partial charge < -0.3 is 10.2 Å². The number of aliphatic imine (C=N–C) groups is 1. The number of nitrogens with zero attached hydrogens (tertiary/aromatic N) is 2. The summed E-state index contributed by atoms with van der Waals surface area (Å²) in [5.74, 6) is 0.856. The van der Waals surface area contributed by atoms with Gasteiger partial charge in [-0.15, -0.1) is 0 Å². The summed E-state index contributed by atoms with van der Waals surface area (Å²) >= 11 is 5.84. The van der Waals surface area contributed by atoms with Gasteiger partial charge in [0.15, 0.2) is 0 Å². The second-order valence-electron chi connectivity index (χ2n) is 3.02. The highest BCUT2D eigenvalue weighted by molar-refractivity contribution is 6.30. The Hall–Kier alpha value is -0.800. The molecule has 1 N–H and O–H groups in total. The van der Waals surface area contributed by atoms with E-state index in [1.807, 2.05) is 6.92 Å². The second kappa shape index (κ2) is 5.83. The van der Waals surface area contributed by atoms with E-state index in [-0.39, 0.29) is 0 Å². The molecular weight excluding hydrogens is 198 g/mol. The highest BCUT2D eigenvalue weighted by Gasteiger charge is 2.11. The SMILES string of the molecule is C=C/C(=N\C(Cl)=C/C)N1CCNCC1. The van der Waals surface area contributed by atoms with Crippen molar-refractivity contribution < 1.29 is 0 Å². The third kappa shape index (κ3) is 3.16. The number of nitrogens with one attached hydrogen (secondary N) is 1. The minimum Gasteiger partial charge on any atom is -0.354 e. The van der Waals surface area contributed by atoms with Crippen LogP contribution in [0.2, 0.25) is 0 Å². The summed E-state index contributed by atoms with van der Waals surface area (Å²) in [7, 11) is 0. The molecule has 1 heterocycles. The molecular formula is C10H16ClN3. The topological polar surface area (TPSA) is 27.6 Å². The molecule has 0 spiro atoms. The number of hydrogen-bond donors (Lipinski definition) is 1. The first-order valence-electron chi connectivity index (χ1n) is 4.76. The van der Waals surface area contributed by atoms with Gasteiger partial charge in [0.25, 0.3) is 0 Å². The Morgan fingerprint density at radius 2 is 2.14 bits per heavy atom. The smallest absolute Gasteiger partial charge is 0.129 e. The van der Waals surface area contributed by atoms with Gasteiger partial charge in [-0.05, 0) is 13.0 Å². The van der Waals surface area contributed by atoms with E-state index < -0.39 is 0 Å². The van der Waals surface area contributed by atoms with Gasteiger partial charge >= 0.3 is 0 Å². The molecule has 3 nitrogen and oxygen atoms in total. The number of piperazine rings is 1. The average Bonchev–Trinajstić information content (AvgIpc) is 2.26. The third-order valence-corrected chi connectivity index (χ3v) is 2.39. The van der Waals surface area contributed by atoms with E-state index in [1.54, 1.807) is 12.2 Å². The van der Waals surface area contributed by atoms with Gasteiger partial charge in [0.05, 0.1) is 0 Å². The van der Waals surface area contributed by atoms with Crippen LogP contribution in [-0.2, 0) is 0 Å². The van der Waals surface area contributed by atoms with Gasteiger partial charge in [0.2, 0.25) is 0 Å². The lowest BCUT2D eigenvalue weighted by Crippen LogP contribution is -2.45. The lowest BCUT2D eigenvalue weighted by Gasteiger charge is -2.28. The fourth-order valence-corrected chi connectivity index (χ4v) is 1.40. The molecule has 0 aromatic heterocycles. The van der Waals surface area contributed by atoms with E-state index in [2.05, 4.69) is 21.8 Å². The zero-order valence-electron chi connectivity index (χ0n) is 8.46. The molecule has 0 aromatic rings. The van der Waals surface area contributed by atoms with Crippen molar-refractivity contribution in [3.63, 3.8) is 0 Å². The monoisotopic (exact) mass is 213 g/mol. The summed E-state index contributed by atoms with van der Waals surface area (Å²) in [5, 5.41) is 3.79. The minimum absolute atomic E-state index is 0.512. The fourth-order valence-electron chi connectivity index (χ4n) is 1.31. The molecule has 0 bridgehead atoms. The van der Waals surface area contributed by atoms with Crippen LogP contribution in [0.5, 0.6) is 0 Å². The maximum atomic E-state index is 5.84. The molecule has 1 aliphatic heterocycles. The summed E-state index contributed by atoms with van der Waals surface area (Å²) in [6.45, 7) is 9.50. The molecule has 0 unspecified atom stereocenters. The molecule has 0 radical (unpaired) electrons. The van der Waals surface area contributed by atoms with Crippen LogP contribution in [0.3, 0.4) is 0 Å². The fraction of sp³-hybridized carbons (Fsp3) is 0.500. The molecule has 0 atom stereocenters. The predicted octanol–water partition coefficient (Wildman–Crippen LogP) is 1.58. The lowest BCUT2D eigenvalue weighted by molar-refractivity contribution is 0.359. The van der Waals surface area contributed by atoms with Gasteiger partial charge in [-0.25, -0.2) is 4.99 Å². The van der Waals surface area contributed by atoms with Gasteiger partial charge in [0, 0.05) is 26.2 Å². The van der Waals surface area contributed by atoms with E-state index in [9.17, 15) is 0 Å². The van der Waals surface area contributed by atoms with E-state index in [0.717, 1.165) is 32.0 Å². The molecule has 4 heteroatoms. The van der Waals surface area contributed by atoms with Crippen LogP contribution in [0.4, 0.5) is 0 Å². The Morgan fingerprint density at radius 3 is 2.64 bits per heavy atom. The number of hydrogen-bond acceptors (Lipinski definition) is 2. The van der Waals surface area contributed by atoms with Crippen molar-refractivity contribution in [3.8, 4) is 0 Å². The van der Waals surface area contributed by atoms with Crippen LogP contribution in [0.1, 0.15) is 6.92 Å². The molecule has 1 rings (SSSR count). The number of amidine groups is 1. The van der Waals surface area contributed by atoms with Crippen LogP contribution in [0.25, 0.3) is 0 Å². The van der Waals surface area contributed by atoms with Crippen LogP contribution < -0.4 is 5.32 Å². The summed E-state index contributed by atoms with van der Waals surface area (Å²) in [6.07, 6.45) is 3.52. The van der Waals surface area contributed by atoms with Crippen LogP contribution in [-0.4, -0.2) is 36.9 Å². The van der Waals surface area contributed by atoms with Crippen molar-refractivity contribution in [2.75, 3.05) is 26.2 Å². The van der Waals surface area contributed by atoms with Gasteiger partial charge in [-0.2, -0.15) is 0 Å². The standard InChI is InChI=1S/C10H16ClN3/c1-3-9(11)13-10(4-2)14-7-5-12-6-8-14/h3-4,12H,2,5-8H2,1H3/b9-3-,13-10+. The van der Waals surface area contributed by atoms with Crippen molar-refractivity contribution in [1.82, 2.24) is 10.2 Å². The first-order valence-corrected chi connectivity index (χ1v) is 5.14. The Kier molecular flexibility index (Phi) is 4.70. The first kappa shape index (κ1) is 11.3. The highest BCUT2D eigenvalue weighted by Crippen LogP contribution is 2.06. The lowest BCUT2D eigenvalue weighted by atomic mass is 10.3. The largest absolute Gasteiger partial charge is 0.354 e. The van der Waals surface area contributed by atoms with E-state index in [0.29, 0.717) is 5.16 Å². The summed E-state index contributed by atoms with van der Waals surface area (Å²) in [6, 6.07) is 0. The highest BCUT2D eigenvalue weighted by atomic mass is 35.5. The average molecular weight is 214 g/mol. The predicted molar refractivity (Wildman–Crippen MR) is 61.7 cm³/mol. The Labute approximate surface area is 90.1 Å². The Balaban J connectivity index is 2.69. The molecule has 1 aliphatic rings. The van der Waals surface area contributed by atoms with Gasteiger partial charge in [-0.3, -0.25) is 0 Å². The molecule has 14 heavy (non-hydrogen) atoms. The van der Waals surface area contributed by atoms with E-state index in [4.69, 9.17) is 11.6 Å². The normalized spacial score (nSPS) is 19.7. The molecule has 78 valence electrons. The second-order valence-corrected chi connectivity index (χ2v) is 3.41. The molecule has 0 aliphatic carbocycles. The summed E-state index contributed by atoms with van der Waals surface area (Å²) in [4.78, 5) is 6.44. The Bertz CT molecular complexity index is 252. The zero-order chi connectivity index (χ0) is 10.4. The van der Waals surface area contributed by atoms with Crippen LogP contribution in [0, 0.1) is 0 Å². The summed E-state index contributed by atoms with van der Waals surface area (Å²) < 4.78 is 0. The van der Waals surface area contributed by atoms with Crippen LogP contribution in [0.15, 0.2) is 28.9 Å². The molecule has 1 fully saturated rings. The number of halogens is 1. The quantitative estimate of drug-likeness (QED) is 0.429. The van der Waals surface area contributed by atoms with Crippen molar-refractivity contribution >= 4 is 17.4 Å². The molecule has 0 aromatic carbocycles. The van der Waals surface area contributed by atoms with Crippen molar-refractivity contribution in [2.45, 2.75) is 6.92 Å². The first-order chi connectivity index (χ1) is 6.77. The van der Waals surface area contributed by atoms with Crippen molar-refractivity contribution in [1.29, 1.82) is 0 Å². The van der Waals surface area contributed by atoms with E-state index in [1.165, 1.54) is 0 Å². The molecule has 0 saturated carbocycles.